The van der Waals surface area contributed by atoms with E-state index in [2.05, 4.69) is 20.3 Å². The van der Waals surface area contributed by atoms with Gasteiger partial charge in [0.15, 0.2) is 23.2 Å². The third kappa shape index (κ3) is 4.66. The van der Waals surface area contributed by atoms with E-state index in [0.29, 0.717) is 23.5 Å². The van der Waals surface area contributed by atoms with E-state index >= 15 is 0 Å². The number of aromatic nitrogens is 4. The van der Waals surface area contributed by atoms with E-state index in [0.717, 1.165) is 11.3 Å². The summed E-state index contributed by atoms with van der Waals surface area (Å²) in [4.78, 5) is 12.8. The highest BCUT2D eigenvalue weighted by atomic mass is 32.2. The Bertz CT molecular complexity index is 1200. The molecular formula is C19H24N6O6S. The summed E-state index contributed by atoms with van der Waals surface area (Å²) in [5, 5.41) is 29.0. The second kappa shape index (κ2) is 8.96. The molecule has 1 aromatic carbocycles. The molecule has 0 radical (unpaired) electrons. The molecule has 4 atom stereocenters. The zero-order valence-corrected chi connectivity index (χ0v) is 18.0. The summed E-state index contributed by atoms with van der Waals surface area (Å²) < 4.78 is 34.9. The van der Waals surface area contributed by atoms with Crippen molar-refractivity contribution in [2.45, 2.75) is 37.5 Å². The number of anilines is 1. The van der Waals surface area contributed by atoms with Crippen LogP contribution in [0.25, 0.3) is 11.2 Å². The molecule has 0 aliphatic carbocycles. The number of imidazole rings is 1. The van der Waals surface area contributed by atoms with Crippen molar-refractivity contribution in [2.75, 3.05) is 18.2 Å². The van der Waals surface area contributed by atoms with Gasteiger partial charge in [0.2, 0.25) is 10.0 Å². The third-order valence-corrected chi connectivity index (χ3v) is 6.06. The molecule has 12 nitrogen and oxygen atoms in total. The Hall–Kier alpha value is -2.84. The van der Waals surface area contributed by atoms with Crippen molar-refractivity contribution in [1.82, 2.24) is 19.5 Å². The number of aliphatic hydroxyl groups is 2. The molecule has 172 valence electrons. The highest BCUT2D eigenvalue weighted by Gasteiger charge is 2.44. The first kappa shape index (κ1) is 22.4. The highest BCUT2D eigenvalue weighted by molar-refractivity contribution is 7.89. The van der Waals surface area contributed by atoms with Gasteiger partial charge >= 0.3 is 0 Å². The van der Waals surface area contributed by atoms with Gasteiger partial charge in [0.05, 0.1) is 25.3 Å². The summed E-state index contributed by atoms with van der Waals surface area (Å²) in [6, 6.07) is 7.58. The third-order valence-electron chi connectivity index (χ3n) is 5.25. The standard InChI is InChI=1S/C19H24N6O6S/c1-30-12-4-2-3-11(7-12)8-21-17-14-18(23-9-22-17)25(10-24-14)19-16(27)15(26)13(31-19)5-6-32(20,28)29/h2-4,7,9-10,13,15-16,19,26-27H,5-6,8H2,1H3,(H2,20,28,29)(H,21,22,23)/t13-,15-,16-,19-/m1/s1. The number of benzene rings is 1. The smallest absolute Gasteiger partial charge is 0.209 e. The van der Waals surface area contributed by atoms with Crippen LogP contribution in [-0.4, -0.2) is 69.3 Å². The fraction of sp³-hybridized carbons (Fsp3) is 0.421. The van der Waals surface area contributed by atoms with Crippen molar-refractivity contribution in [3.05, 3.63) is 42.5 Å². The minimum Gasteiger partial charge on any atom is -0.497 e. The van der Waals surface area contributed by atoms with E-state index in [-0.39, 0.29) is 12.2 Å². The Balaban J connectivity index is 1.53. The zero-order valence-electron chi connectivity index (χ0n) is 17.2. The van der Waals surface area contributed by atoms with Crippen LogP contribution in [0.15, 0.2) is 36.9 Å². The Morgan fingerprint density at radius 1 is 1.25 bits per heavy atom. The van der Waals surface area contributed by atoms with Crippen LogP contribution in [0.2, 0.25) is 0 Å². The molecule has 0 bridgehead atoms. The van der Waals surface area contributed by atoms with Gasteiger partial charge in [-0.2, -0.15) is 0 Å². The maximum Gasteiger partial charge on any atom is 0.209 e. The van der Waals surface area contributed by atoms with Crippen molar-refractivity contribution in [2.24, 2.45) is 5.14 Å². The van der Waals surface area contributed by atoms with Gasteiger partial charge in [-0.05, 0) is 24.1 Å². The van der Waals surface area contributed by atoms with E-state index in [1.165, 1.54) is 17.2 Å². The molecule has 1 saturated heterocycles. The number of primary sulfonamides is 1. The van der Waals surface area contributed by atoms with Gasteiger partial charge in [0.1, 0.15) is 24.3 Å². The summed E-state index contributed by atoms with van der Waals surface area (Å²) >= 11 is 0. The number of hydrogen-bond acceptors (Lipinski definition) is 10. The second-order valence-corrected chi connectivity index (χ2v) is 9.19. The molecule has 3 aromatic rings. The maximum atomic E-state index is 11.2. The van der Waals surface area contributed by atoms with Gasteiger partial charge in [-0.25, -0.2) is 28.5 Å². The van der Waals surface area contributed by atoms with Crippen LogP contribution in [0.1, 0.15) is 18.2 Å². The van der Waals surface area contributed by atoms with Crippen LogP contribution in [0.3, 0.4) is 0 Å². The Morgan fingerprint density at radius 3 is 2.81 bits per heavy atom. The quantitative estimate of drug-likeness (QED) is 0.348. The molecule has 0 saturated carbocycles. The molecule has 32 heavy (non-hydrogen) atoms. The summed E-state index contributed by atoms with van der Waals surface area (Å²) in [7, 11) is -2.13. The van der Waals surface area contributed by atoms with Gasteiger partial charge < -0.3 is 25.0 Å². The van der Waals surface area contributed by atoms with Crippen LogP contribution in [0, 0.1) is 0 Å². The van der Waals surface area contributed by atoms with Crippen LogP contribution in [-0.2, 0) is 21.3 Å². The minimum absolute atomic E-state index is 0.0531. The number of methoxy groups -OCH3 is 1. The lowest BCUT2D eigenvalue weighted by Gasteiger charge is -2.16. The van der Waals surface area contributed by atoms with Crippen molar-refractivity contribution in [1.29, 1.82) is 0 Å². The molecule has 1 fully saturated rings. The van der Waals surface area contributed by atoms with Gasteiger partial charge in [0, 0.05) is 6.54 Å². The van der Waals surface area contributed by atoms with Crippen LogP contribution < -0.4 is 15.2 Å². The largest absolute Gasteiger partial charge is 0.497 e. The molecule has 3 heterocycles. The molecule has 2 aromatic heterocycles. The lowest BCUT2D eigenvalue weighted by atomic mass is 10.1. The second-order valence-electron chi connectivity index (χ2n) is 7.45. The van der Waals surface area contributed by atoms with Gasteiger partial charge in [-0.15, -0.1) is 0 Å². The monoisotopic (exact) mass is 464 g/mol. The Morgan fingerprint density at radius 2 is 2.06 bits per heavy atom. The zero-order chi connectivity index (χ0) is 22.9. The van der Waals surface area contributed by atoms with Crippen molar-refractivity contribution in [3.63, 3.8) is 0 Å². The van der Waals surface area contributed by atoms with E-state index < -0.39 is 34.6 Å². The first-order chi connectivity index (χ1) is 15.3. The summed E-state index contributed by atoms with van der Waals surface area (Å²) in [5.74, 6) is 0.846. The molecule has 0 amide bonds. The Labute approximate surface area is 184 Å². The number of rotatable bonds is 8. The van der Waals surface area contributed by atoms with Crippen LogP contribution >= 0.6 is 0 Å². The normalized spacial score (nSPS) is 23.5. The number of hydrogen-bond donors (Lipinski definition) is 4. The first-order valence-corrected chi connectivity index (χ1v) is 11.5. The molecule has 1 aliphatic rings. The predicted octanol–water partition coefficient (Wildman–Crippen LogP) is -0.255. The van der Waals surface area contributed by atoms with Gasteiger partial charge in [-0.3, -0.25) is 4.57 Å². The fourth-order valence-electron chi connectivity index (χ4n) is 3.61. The topological polar surface area (TPSA) is 175 Å². The number of nitrogens with zero attached hydrogens (tertiary/aromatic N) is 4. The summed E-state index contributed by atoms with van der Waals surface area (Å²) in [6.07, 6.45) is -1.76. The van der Waals surface area contributed by atoms with Crippen LogP contribution in [0.5, 0.6) is 5.75 Å². The molecule has 13 heteroatoms. The van der Waals surface area contributed by atoms with E-state index in [1.807, 2.05) is 24.3 Å². The average molecular weight is 465 g/mol. The Kier molecular flexibility index (Phi) is 6.26. The lowest BCUT2D eigenvalue weighted by molar-refractivity contribution is -0.0353. The summed E-state index contributed by atoms with van der Waals surface area (Å²) in [5.41, 5.74) is 1.82. The summed E-state index contributed by atoms with van der Waals surface area (Å²) in [6.45, 7) is 0.465. The number of sulfonamides is 1. The number of aliphatic hydroxyl groups excluding tert-OH is 2. The van der Waals surface area contributed by atoms with Crippen molar-refractivity contribution >= 4 is 27.0 Å². The number of nitrogens with two attached hydrogens (primary N) is 1. The van der Waals surface area contributed by atoms with Gasteiger partial charge in [0.25, 0.3) is 0 Å². The number of ether oxygens (including phenoxy) is 2. The van der Waals surface area contributed by atoms with E-state index in [4.69, 9.17) is 14.6 Å². The molecule has 1 aliphatic heterocycles. The minimum atomic E-state index is -3.73. The number of fused-ring (bicyclic) bond motifs is 1. The highest BCUT2D eigenvalue weighted by Crippen LogP contribution is 2.33. The van der Waals surface area contributed by atoms with E-state index in [1.54, 1.807) is 7.11 Å². The van der Waals surface area contributed by atoms with Crippen molar-refractivity contribution in [3.8, 4) is 5.75 Å². The SMILES string of the molecule is COc1cccc(CNc2ncnc3c2ncn3[C@@H]2O[C@H](CCS(N)(=O)=O)[C@@H](O)[C@H]2O)c1. The van der Waals surface area contributed by atoms with Gasteiger partial charge in [-0.1, -0.05) is 12.1 Å². The fourth-order valence-corrected chi connectivity index (χ4v) is 4.17. The predicted molar refractivity (Wildman–Crippen MR) is 114 cm³/mol. The van der Waals surface area contributed by atoms with E-state index in [9.17, 15) is 18.6 Å². The maximum absolute atomic E-state index is 11.2. The molecule has 5 N–H and O–H groups in total. The van der Waals surface area contributed by atoms with Crippen LogP contribution in [0.4, 0.5) is 5.82 Å². The molecule has 0 unspecified atom stereocenters. The first-order valence-electron chi connectivity index (χ1n) is 9.83. The lowest BCUT2D eigenvalue weighted by Crippen LogP contribution is -2.33. The molecule has 0 spiro atoms. The average Bonchev–Trinajstić information content (AvgIpc) is 3.32. The number of nitrogens with one attached hydrogen (secondary N) is 1. The molecule has 4 rings (SSSR count). The van der Waals surface area contributed by atoms with Crippen molar-refractivity contribution < 1.29 is 28.1 Å². The molecular weight excluding hydrogens is 440 g/mol.